The van der Waals surface area contributed by atoms with Crippen molar-refractivity contribution < 1.29 is 10.2 Å². The van der Waals surface area contributed by atoms with E-state index in [1.165, 1.54) is 0 Å². The third-order valence-corrected chi connectivity index (χ3v) is 2.39. The number of benzene rings is 1. The van der Waals surface area contributed by atoms with E-state index in [1.54, 1.807) is 19.2 Å². The first-order valence-corrected chi connectivity index (χ1v) is 4.75. The Balaban J connectivity index is 2.99. The summed E-state index contributed by atoms with van der Waals surface area (Å²) in [4.78, 5) is 0. The molecule has 0 fully saturated rings. The summed E-state index contributed by atoms with van der Waals surface area (Å²) in [6.45, 7) is -0.0360. The van der Waals surface area contributed by atoms with E-state index in [2.05, 4.69) is 21.2 Å². The van der Waals surface area contributed by atoms with Crippen molar-refractivity contribution in [2.45, 2.75) is 6.04 Å². The van der Waals surface area contributed by atoms with Gasteiger partial charge in [0.05, 0.1) is 12.6 Å². The molecule has 4 heteroatoms. The maximum absolute atomic E-state index is 9.54. The molecule has 1 aromatic carbocycles. The van der Waals surface area contributed by atoms with Gasteiger partial charge in [0, 0.05) is 10.0 Å². The van der Waals surface area contributed by atoms with Crippen molar-refractivity contribution in [3.05, 3.63) is 28.2 Å². The van der Waals surface area contributed by atoms with Crippen LogP contribution in [0.25, 0.3) is 0 Å². The number of aliphatic hydroxyl groups excluding tert-OH is 1. The zero-order valence-corrected chi connectivity index (χ0v) is 8.87. The molecule has 0 radical (unpaired) electrons. The van der Waals surface area contributed by atoms with Crippen LogP contribution >= 0.6 is 15.9 Å². The van der Waals surface area contributed by atoms with Crippen molar-refractivity contribution in [2.75, 3.05) is 13.7 Å². The number of nitrogens with one attached hydrogen (secondary N) is 1. The second-order valence-corrected chi connectivity index (χ2v) is 3.64. The zero-order chi connectivity index (χ0) is 9.84. The quantitative estimate of drug-likeness (QED) is 0.755. The molecule has 3 nitrogen and oxygen atoms in total. The van der Waals surface area contributed by atoms with E-state index in [0.29, 0.717) is 5.56 Å². The Bertz CT molecular complexity index is 287. The van der Waals surface area contributed by atoms with Crippen LogP contribution in [-0.2, 0) is 0 Å². The fraction of sp³-hybridized carbons (Fsp3) is 0.333. The van der Waals surface area contributed by atoms with E-state index in [-0.39, 0.29) is 18.4 Å². The van der Waals surface area contributed by atoms with Gasteiger partial charge in [0.2, 0.25) is 0 Å². The summed E-state index contributed by atoms with van der Waals surface area (Å²) < 4.78 is 0.821. The van der Waals surface area contributed by atoms with Crippen LogP contribution in [0.3, 0.4) is 0 Å². The third kappa shape index (κ3) is 2.43. The van der Waals surface area contributed by atoms with Gasteiger partial charge in [-0.15, -0.1) is 0 Å². The van der Waals surface area contributed by atoms with Gasteiger partial charge < -0.3 is 15.5 Å². The summed E-state index contributed by atoms with van der Waals surface area (Å²) in [5, 5.41) is 21.4. The van der Waals surface area contributed by atoms with Gasteiger partial charge in [-0.25, -0.2) is 0 Å². The monoisotopic (exact) mass is 245 g/mol. The first kappa shape index (κ1) is 10.5. The molecule has 0 aliphatic carbocycles. The molecular weight excluding hydrogens is 234 g/mol. The van der Waals surface area contributed by atoms with Gasteiger partial charge in [-0.2, -0.15) is 0 Å². The molecule has 0 saturated carbocycles. The lowest BCUT2D eigenvalue weighted by Crippen LogP contribution is -2.19. The van der Waals surface area contributed by atoms with Crippen LogP contribution in [0.4, 0.5) is 0 Å². The number of rotatable bonds is 3. The van der Waals surface area contributed by atoms with Gasteiger partial charge >= 0.3 is 0 Å². The molecule has 13 heavy (non-hydrogen) atoms. The maximum Gasteiger partial charge on any atom is 0.121 e. The number of aliphatic hydroxyl groups is 1. The summed E-state index contributed by atoms with van der Waals surface area (Å²) in [5.41, 5.74) is 0.702. The summed E-state index contributed by atoms with van der Waals surface area (Å²) in [6, 6.07) is 4.99. The number of phenolic OH excluding ortho intramolecular Hbond substituents is 1. The van der Waals surface area contributed by atoms with Crippen LogP contribution in [-0.4, -0.2) is 23.9 Å². The maximum atomic E-state index is 9.54. The van der Waals surface area contributed by atoms with Crippen LogP contribution in [0.5, 0.6) is 5.75 Å². The lowest BCUT2D eigenvalue weighted by Gasteiger charge is -2.14. The average Bonchev–Trinajstić information content (AvgIpc) is 2.10. The van der Waals surface area contributed by atoms with Gasteiger partial charge in [-0.05, 0) is 19.2 Å². The number of hydrogen-bond donors (Lipinski definition) is 3. The van der Waals surface area contributed by atoms with Crippen molar-refractivity contribution in [1.82, 2.24) is 5.32 Å². The summed E-state index contributed by atoms with van der Waals surface area (Å²) >= 11 is 3.25. The van der Waals surface area contributed by atoms with Crippen molar-refractivity contribution in [3.8, 4) is 5.75 Å². The van der Waals surface area contributed by atoms with Gasteiger partial charge in [0.25, 0.3) is 0 Å². The lowest BCUT2D eigenvalue weighted by atomic mass is 10.1. The molecule has 0 aliphatic heterocycles. The molecule has 0 unspecified atom stereocenters. The van der Waals surface area contributed by atoms with E-state index in [4.69, 9.17) is 5.11 Å². The largest absolute Gasteiger partial charge is 0.508 e. The predicted molar refractivity (Wildman–Crippen MR) is 54.7 cm³/mol. The standard InChI is InChI=1S/C9H12BrNO2/c1-11-8(5-12)7-3-2-6(10)4-9(7)13/h2-4,8,11-13H,5H2,1H3/t8-/m1/s1. The molecule has 0 spiro atoms. The molecule has 72 valence electrons. The highest BCUT2D eigenvalue weighted by Gasteiger charge is 2.11. The van der Waals surface area contributed by atoms with E-state index >= 15 is 0 Å². The second-order valence-electron chi connectivity index (χ2n) is 2.73. The highest BCUT2D eigenvalue weighted by molar-refractivity contribution is 9.10. The van der Waals surface area contributed by atoms with Gasteiger partial charge in [-0.3, -0.25) is 0 Å². The fourth-order valence-electron chi connectivity index (χ4n) is 1.16. The van der Waals surface area contributed by atoms with Crippen LogP contribution in [0.2, 0.25) is 0 Å². The number of halogens is 1. The highest BCUT2D eigenvalue weighted by Crippen LogP contribution is 2.26. The third-order valence-electron chi connectivity index (χ3n) is 1.90. The van der Waals surface area contributed by atoms with E-state index in [0.717, 1.165) is 4.47 Å². The second kappa shape index (κ2) is 4.60. The Hall–Kier alpha value is -0.580. The molecule has 0 aliphatic rings. The lowest BCUT2D eigenvalue weighted by molar-refractivity contribution is 0.248. The Morgan fingerprint density at radius 1 is 1.54 bits per heavy atom. The Kier molecular flexibility index (Phi) is 3.71. The highest BCUT2D eigenvalue weighted by atomic mass is 79.9. The van der Waals surface area contributed by atoms with Gasteiger partial charge in [0.15, 0.2) is 0 Å². The predicted octanol–water partition coefficient (Wildman–Crippen LogP) is 1.41. The minimum Gasteiger partial charge on any atom is -0.508 e. The molecule has 1 aromatic rings. The molecule has 0 aromatic heterocycles. The van der Waals surface area contributed by atoms with Crippen molar-refractivity contribution >= 4 is 15.9 Å². The van der Waals surface area contributed by atoms with Crippen molar-refractivity contribution in [1.29, 1.82) is 0 Å². The smallest absolute Gasteiger partial charge is 0.121 e. The molecule has 1 atom stereocenters. The fourth-order valence-corrected chi connectivity index (χ4v) is 1.51. The van der Waals surface area contributed by atoms with Gasteiger partial charge in [-0.1, -0.05) is 22.0 Å². The summed E-state index contributed by atoms with van der Waals surface area (Å²) in [7, 11) is 1.74. The number of phenols is 1. The van der Waals surface area contributed by atoms with Crippen LogP contribution in [0.1, 0.15) is 11.6 Å². The Labute approximate surface area is 85.5 Å². The number of likely N-dealkylation sites (N-methyl/N-ethyl adjacent to an activating group) is 1. The number of aromatic hydroxyl groups is 1. The minimum absolute atomic E-state index is 0.0360. The van der Waals surface area contributed by atoms with Gasteiger partial charge in [0.1, 0.15) is 5.75 Å². The molecule has 0 heterocycles. The first-order chi connectivity index (χ1) is 6.19. The molecule has 0 saturated heterocycles. The summed E-state index contributed by atoms with van der Waals surface area (Å²) in [6.07, 6.45) is 0. The topological polar surface area (TPSA) is 52.5 Å². The van der Waals surface area contributed by atoms with E-state index < -0.39 is 0 Å². The summed E-state index contributed by atoms with van der Waals surface area (Å²) in [5.74, 6) is 0.183. The molecule has 3 N–H and O–H groups in total. The van der Waals surface area contributed by atoms with Crippen LogP contribution < -0.4 is 5.32 Å². The van der Waals surface area contributed by atoms with Crippen LogP contribution in [0.15, 0.2) is 22.7 Å². The SMILES string of the molecule is CN[C@H](CO)c1ccc(Br)cc1O. The van der Waals surface area contributed by atoms with Crippen molar-refractivity contribution in [3.63, 3.8) is 0 Å². The Morgan fingerprint density at radius 2 is 2.23 bits per heavy atom. The Morgan fingerprint density at radius 3 is 2.69 bits per heavy atom. The van der Waals surface area contributed by atoms with Crippen molar-refractivity contribution in [2.24, 2.45) is 0 Å². The molecule has 0 amide bonds. The zero-order valence-electron chi connectivity index (χ0n) is 7.29. The first-order valence-electron chi connectivity index (χ1n) is 3.95. The molecule has 1 rings (SSSR count). The minimum atomic E-state index is -0.215. The van der Waals surface area contributed by atoms with Crippen LogP contribution in [0, 0.1) is 0 Å². The average molecular weight is 246 g/mol. The molecule has 0 bridgehead atoms. The normalized spacial score (nSPS) is 12.8. The van der Waals surface area contributed by atoms with E-state index in [1.807, 2.05) is 6.07 Å². The molecular formula is C9H12BrNO2. The van der Waals surface area contributed by atoms with E-state index in [9.17, 15) is 5.11 Å². The number of hydrogen-bond acceptors (Lipinski definition) is 3.